The largest absolute Gasteiger partial charge is 0.381 e. The third-order valence-electron chi connectivity index (χ3n) is 3.51. The number of hydrogen-bond acceptors (Lipinski definition) is 6. The van der Waals surface area contributed by atoms with Gasteiger partial charge in [-0.15, -0.1) is 0 Å². The van der Waals surface area contributed by atoms with Crippen LogP contribution in [0.25, 0.3) is 0 Å². The average molecular weight is 249 g/mol. The molecule has 18 heavy (non-hydrogen) atoms. The van der Waals surface area contributed by atoms with Crippen LogP contribution < -0.4 is 16.4 Å². The van der Waals surface area contributed by atoms with Gasteiger partial charge >= 0.3 is 0 Å². The zero-order chi connectivity index (χ0) is 12.4. The first-order chi connectivity index (χ1) is 8.83. The minimum absolute atomic E-state index is 0.366. The van der Waals surface area contributed by atoms with Gasteiger partial charge in [-0.25, -0.2) is 4.98 Å². The van der Waals surface area contributed by atoms with Gasteiger partial charge in [-0.2, -0.15) is 4.98 Å². The predicted molar refractivity (Wildman–Crippen MR) is 69.3 cm³/mol. The zero-order valence-electron chi connectivity index (χ0n) is 10.4. The van der Waals surface area contributed by atoms with Crippen molar-refractivity contribution >= 4 is 11.8 Å². The highest BCUT2D eigenvalue weighted by Crippen LogP contribution is 2.23. The Hall–Kier alpha value is -1.40. The van der Waals surface area contributed by atoms with Gasteiger partial charge in [0.05, 0.1) is 5.69 Å². The molecule has 0 unspecified atom stereocenters. The standard InChI is InChI=1S/C12H19N5O/c13-12-16-10-1-4-14-7-9(10)11(17-12)15-8-2-5-18-6-3-8/h8,14H,1-7H2,(H3,13,15,16,17). The highest BCUT2D eigenvalue weighted by atomic mass is 16.5. The zero-order valence-corrected chi connectivity index (χ0v) is 10.4. The van der Waals surface area contributed by atoms with Crippen LogP contribution in [0.15, 0.2) is 0 Å². The summed E-state index contributed by atoms with van der Waals surface area (Å²) in [5, 5.41) is 6.85. The summed E-state index contributed by atoms with van der Waals surface area (Å²) in [6.07, 6.45) is 2.96. The number of aromatic nitrogens is 2. The lowest BCUT2D eigenvalue weighted by Crippen LogP contribution is -2.31. The molecule has 3 heterocycles. The summed E-state index contributed by atoms with van der Waals surface area (Å²) in [6.45, 7) is 3.42. The third-order valence-corrected chi connectivity index (χ3v) is 3.51. The van der Waals surface area contributed by atoms with E-state index in [2.05, 4.69) is 20.6 Å². The molecule has 6 heteroatoms. The Balaban J connectivity index is 1.83. The van der Waals surface area contributed by atoms with E-state index in [-0.39, 0.29) is 0 Å². The van der Waals surface area contributed by atoms with Crippen molar-refractivity contribution in [3.05, 3.63) is 11.3 Å². The molecule has 0 spiro atoms. The number of anilines is 2. The van der Waals surface area contributed by atoms with E-state index in [9.17, 15) is 0 Å². The number of nitrogen functional groups attached to an aromatic ring is 1. The molecule has 0 radical (unpaired) electrons. The Morgan fingerprint density at radius 3 is 2.94 bits per heavy atom. The Morgan fingerprint density at radius 1 is 1.28 bits per heavy atom. The smallest absolute Gasteiger partial charge is 0.222 e. The van der Waals surface area contributed by atoms with Crippen molar-refractivity contribution in [3.63, 3.8) is 0 Å². The molecule has 1 fully saturated rings. The van der Waals surface area contributed by atoms with E-state index < -0.39 is 0 Å². The molecule has 4 N–H and O–H groups in total. The van der Waals surface area contributed by atoms with Crippen molar-refractivity contribution in [2.24, 2.45) is 0 Å². The van der Waals surface area contributed by atoms with E-state index in [0.29, 0.717) is 12.0 Å². The highest BCUT2D eigenvalue weighted by Gasteiger charge is 2.20. The number of nitrogens with two attached hydrogens (primary N) is 1. The Morgan fingerprint density at radius 2 is 2.11 bits per heavy atom. The molecule has 1 saturated heterocycles. The maximum Gasteiger partial charge on any atom is 0.222 e. The second kappa shape index (κ2) is 5.07. The molecule has 0 aliphatic carbocycles. The maximum atomic E-state index is 5.78. The second-order valence-corrected chi connectivity index (χ2v) is 4.81. The summed E-state index contributed by atoms with van der Waals surface area (Å²) in [7, 11) is 0. The van der Waals surface area contributed by atoms with Crippen molar-refractivity contribution < 1.29 is 4.74 Å². The number of rotatable bonds is 2. The lowest BCUT2D eigenvalue weighted by atomic mass is 10.1. The summed E-state index contributed by atoms with van der Waals surface area (Å²) in [4.78, 5) is 8.68. The highest BCUT2D eigenvalue weighted by molar-refractivity contribution is 5.51. The van der Waals surface area contributed by atoms with E-state index >= 15 is 0 Å². The summed E-state index contributed by atoms with van der Waals surface area (Å²) in [5.41, 5.74) is 8.03. The molecule has 0 amide bonds. The van der Waals surface area contributed by atoms with Crippen molar-refractivity contribution in [1.82, 2.24) is 15.3 Å². The van der Waals surface area contributed by atoms with Gasteiger partial charge in [0, 0.05) is 44.3 Å². The summed E-state index contributed by atoms with van der Waals surface area (Å²) >= 11 is 0. The molecule has 98 valence electrons. The van der Waals surface area contributed by atoms with Gasteiger partial charge in [0.15, 0.2) is 0 Å². The Bertz CT molecular complexity index is 431. The van der Waals surface area contributed by atoms with Crippen LogP contribution in [0.1, 0.15) is 24.1 Å². The van der Waals surface area contributed by atoms with Gasteiger partial charge in [0.1, 0.15) is 5.82 Å². The molecule has 0 bridgehead atoms. The van der Waals surface area contributed by atoms with Gasteiger partial charge in [0.25, 0.3) is 0 Å². The minimum atomic E-state index is 0.366. The molecule has 2 aliphatic rings. The first-order valence-corrected chi connectivity index (χ1v) is 6.53. The summed E-state index contributed by atoms with van der Waals surface area (Å²) < 4.78 is 5.36. The first-order valence-electron chi connectivity index (χ1n) is 6.53. The minimum Gasteiger partial charge on any atom is -0.381 e. The molecular weight excluding hydrogens is 230 g/mol. The molecular formula is C12H19N5O. The van der Waals surface area contributed by atoms with Crippen LogP contribution in [0.3, 0.4) is 0 Å². The molecule has 0 saturated carbocycles. The molecule has 0 atom stereocenters. The fourth-order valence-electron chi connectivity index (χ4n) is 2.52. The molecule has 2 aliphatic heterocycles. The SMILES string of the molecule is Nc1nc2c(c(NC3CCOCC3)n1)CNCC2. The molecule has 6 nitrogen and oxygen atoms in total. The van der Waals surface area contributed by atoms with Crippen LogP contribution in [0.2, 0.25) is 0 Å². The maximum absolute atomic E-state index is 5.78. The number of ether oxygens (including phenoxy) is 1. The topological polar surface area (TPSA) is 85.1 Å². The fraction of sp³-hybridized carbons (Fsp3) is 0.667. The van der Waals surface area contributed by atoms with Crippen LogP contribution in [-0.2, 0) is 17.7 Å². The lowest BCUT2D eigenvalue weighted by molar-refractivity contribution is 0.0903. The molecule has 1 aromatic heterocycles. The number of hydrogen-bond donors (Lipinski definition) is 3. The quantitative estimate of drug-likeness (QED) is 0.699. The number of fused-ring (bicyclic) bond motifs is 1. The van der Waals surface area contributed by atoms with Gasteiger partial charge in [0.2, 0.25) is 5.95 Å². The molecule has 3 rings (SSSR count). The normalized spacial score (nSPS) is 20.4. The summed E-state index contributed by atoms with van der Waals surface area (Å²) in [5.74, 6) is 1.27. The van der Waals surface area contributed by atoms with Crippen molar-refractivity contribution in [2.45, 2.75) is 31.8 Å². The lowest BCUT2D eigenvalue weighted by Gasteiger charge is -2.26. The second-order valence-electron chi connectivity index (χ2n) is 4.81. The van der Waals surface area contributed by atoms with Crippen molar-refractivity contribution in [1.29, 1.82) is 0 Å². The average Bonchev–Trinajstić information content (AvgIpc) is 2.40. The van der Waals surface area contributed by atoms with Crippen LogP contribution >= 0.6 is 0 Å². The van der Waals surface area contributed by atoms with E-state index in [1.54, 1.807) is 0 Å². The Kier molecular flexibility index (Phi) is 3.29. The first kappa shape index (κ1) is 11.7. The van der Waals surface area contributed by atoms with Crippen LogP contribution in [0.4, 0.5) is 11.8 Å². The van der Waals surface area contributed by atoms with Crippen LogP contribution in [-0.4, -0.2) is 35.8 Å². The van der Waals surface area contributed by atoms with Crippen molar-refractivity contribution in [3.8, 4) is 0 Å². The van der Waals surface area contributed by atoms with Crippen LogP contribution in [0.5, 0.6) is 0 Å². The monoisotopic (exact) mass is 249 g/mol. The van der Waals surface area contributed by atoms with E-state index in [1.165, 1.54) is 5.56 Å². The molecule has 1 aromatic rings. The van der Waals surface area contributed by atoms with Gasteiger partial charge in [-0.3, -0.25) is 0 Å². The van der Waals surface area contributed by atoms with Crippen molar-refractivity contribution in [2.75, 3.05) is 30.8 Å². The van der Waals surface area contributed by atoms with Crippen LogP contribution in [0, 0.1) is 0 Å². The predicted octanol–water partition coefficient (Wildman–Crippen LogP) is 0.295. The van der Waals surface area contributed by atoms with E-state index in [4.69, 9.17) is 10.5 Å². The van der Waals surface area contributed by atoms with E-state index in [1.807, 2.05) is 0 Å². The molecule has 0 aromatic carbocycles. The van der Waals surface area contributed by atoms with E-state index in [0.717, 1.165) is 57.1 Å². The Labute approximate surface area is 106 Å². The van der Waals surface area contributed by atoms with Gasteiger partial charge in [-0.1, -0.05) is 0 Å². The third kappa shape index (κ3) is 2.39. The number of nitrogens with one attached hydrogen (secondary N) is 2. The number of nitrogens with zero attached hydrogens (tertiary/aromatic N) is 2. The van der Waals surface area contributed by atoms with Gasteiger partial charge < -0.3 is 21.1 Å². The van der Waals surface area contributed by atoms with Gasteiger partial charge in [-0.05, 0) is 12.8 Å². The summed E-state index contributed by atoms with van der Waals surface area (Å²) in [6, 6.07) is 0.430. The fourth-order valence-corrected chi connectivity index (χ4v) is 2.52.